The summed E-state index contributed by atoms with van der Waals surface area (Å²) in [5, 5.41) is 4.85. The first-order valence-corrected chi connectivity index (χ1v) is 18.6. The van der Waals surface area contributed by atoms with Crippen LogP contribution in [0.4, 0.5) is 5.69 Å². The third kappa shape index (κ3) is 5.61. The predicted molar refractivity (Wildman–Crippen MR) is 199 cm³/mol. The molecule has 1 aliphatic carbocycles. The van der Waals surface area contributed by atoms with Crippen LogP contribution in [-0.2, 0) is 36.3 Å². The van der Waals surface area contributed by atoms with Gasteiger partial charge in [0.2, 0.25) is 0 Å². The van der Waals surface area contributed by atoms with Crippen molar-refractivity contribution >= 4 is 28.5 Å². The number of nitrogens with one attached hydrogen (secondary N) is 2. The third-order valence-electron chi connectivity index (χ3n) is 12.1. The highest BCUT2D eigenvalue weighted by atomic mass is 16.5. The molecule has 8 heteroatoms. The second kappa shape index (κ2) is 14.2. The Hall–Kier alpha value is -4.14. The number of esters is 2. The maximum absolute atomic E-state index is 15.1. The summed E-state index contributed by atoms with van der Waals surface area (Å²) < 4.78 is 11.4. The van der Waals surface area contributed by atoms with Crippen molar-refractivity contribution in [3.63, 3.8) is 0 Å². The summed E-state index contributed by atoms with van der Waals surface area (Å²) in [6, 6.07) is 16.7. The quantitative estimate of drug-likeness (QED) is 0.164. The van der Waals surface area contributed by atoms with Gasteiger partial charge in [-0.3, -0.25) is 14.6 Å². The van der Waals surface area contributed by atoms with Crippen molar-refractivity contribution in [2.75, 3.05) is 58.8 Å². The lowest BCUT2D eigenvalue weighted by Gasteiger charge is -2.51. The molecule has 264 valence electrons. The van der Waals surface area contributed by atoms with Gasteiger partial charge in [0.15, 0.2) is 0 Å². The molecule has 0 bridgehead atoms. The number of ether oxygens (including phenoxy) is 2. The van der Waals surface area contributed by atoms with Crippen LogP contribution in [-0.4, -0.2) is 80.2 Å². The second-order valence-electron chi connectivity index (χ2n) is 14.4. The summed E-state index contributed by atoms with van der Waals surface area (Å²) in [5.41, 5.74) is 7.34. The number of H-pyrrole nitrogens is 1. The van der Waals surface area contributed by atoms with Gasteiger partial charge in [-0.25, -0.2) is 4.79 Å². The Bertz CT molecular complexity index is 1870. The Morgan fingerprint density at radius 1 is 0.860 bits per heavy atom. The molecule has 4 aliphatic rings. The molecule has 2 N–H and O–H groups in total. The number of allylic oxidation sites excluding steroid dienone is 1. The van der Waals surface area contributed by atoms with Crippen LogP contribution in [0.3, 0.4) is 0 Å². The Labute approximate surface area is 296 Å². The topological polar surface area (TPSA) is 86.9 Å². The first-order chi connectivity index (χ1) is 24.4. The lowest BCUT2D eigenvalue weighted by atomic mass is 9.50. The minimum absolute atomic E-state index is 0.271. The molecule has 0 saturated carbocycles. The Morgan fingerprint density at radius 3 is 2.24 bits per heavy atom. The van der Waals surface area contributed by atoms with Gasteiger partial charge in [0.25, 0.3) is 0 Å². The van der Waals surface area contributed by atoms with Crippen molar-refractivity contribution < 1.29 is 19.1 Å². The van der Waals surface area contributed by atoms with Crippen LogP contribution in [0.2, 0.25) is 0 Å². The number of hydrogen-bond donors (Lipinski definition) is 2. The fourth-order valence-corrected chi connectivity index (χ4v) is 9.54. The molecule has 2 aromatic carbocycles. The van der Waals surface area contributed by atoms with E-state index in [1.165, 1.54) is 25.4 Å². The van der Waals surface area contributed by atoms with Crippen LogP contribution < -0.4 is 5.32 Å². The van der Waals surface area contributed by atoms with E-state index in [4.69, 9.17) is 9.47 Å². The van der Waals surface area contributed by atoms with E-state index in [1.807, 2.05) is 6.07 Å². The first-order valence-electron chi connectivity index (χ1n) is 18.6. The van der Waals surface area contributed by atoms with Gasteiger partial charge < -0.3 is 19.8 Å². The molecule has 0 radical (unpaired) electrons. The first kappa shape index (κ1) is 34.3. The fourth-order valence-electron chi connectivity index (χ4n) is 9.54. The molecule has 2 unspecified atom stereocenters. The minimum Gasteiger partial charge on any atom is -0.468 e. The van der Waals surface area contributed by atoms with Crippen molar-refractivity contribution in [3.05, 3.63) is 99.9 Å². The molecule has 0 saturated heterocycles. The van der Waals surface area contributed by atoms with Gasteiger partial charge in [-0.05, 0) is 81.2 Å². The summed E-state index contributed by atoms with van der Waals surface area (Å²) in [6.07, 6.45) is 11.2. The number of hydrogen-bond acceptors (Lipinski definition) is 7. The van der Waals surface area contributed by atoms with E-state index in [-0.39, 0.29) is 11.9 Å². The maximum Gasteiger partial charge on any atom is 0.335 e. The zero-order chi connectivity index (χ0) is 34.9. The average molecular weight is 677 g/mol. The maximum atomic E-state index is 15.1. The molecular formula is C42H52N4O4. The predicted octanol–water partition coefficient (Wildman–Crippen LogP) is 7.18. The standard InChI is InChI=1S/C42H52N4O4/c1-5-29-13-11-23-45(27-29)25-20-32-31-15-7-9-17-35(31)43-37(32)42(40(48)50-4)21-19-33(39(47)49-3)38-41(42,34-16-8-10-18-36(34)44-38)22-26-46-24-12-14-30(6-2)28-46/h7-10,13-18,43-44H,5-6,11-12,19-28H2,1-4H3. The van der Waals surface area contributed by atoms with Crippen molar-refractivity contribution in [2.24, 2.45) is 0 Å². The van der Waals surface area contributed by atoms with Crippen molar-refractivity contribution in [1.29, 1.82) is 0 Å². The summed E-state index contributed by atoms with van der Waals surface area (Å²) in [4.78, 5) is 37.7. The fraction of sp³-hybridized carbons (Fsp3) is 0.476. The molecule has 8 nitrogen and oxygen atoms in total. The summed E-state index contributed by atoms with van der Waals surface area (Å²) in [5.74, 6) is -0.619. The number of carbonyl (C=O) groups is 2. The molecule has 0 amide bonds. The number of aromatic nitrogens is 1. The highest BCUT2D eigenvalue weighted by Gasteiger charge is 2.67. The van der Waals surface area contributed by atoms with E-state index in [1.54, 1.807) is 0 Å². The molecule has 3 aromatic rings. The van der Waals surface area contributed by atoms with Crippen LogP contribution in [0.5, 0.6) is 0 Å². The van der Waals surface area contributed by atoms with Gasteiger partial charge in [-0.15, -0.1) is 0 Å². The van der Waals surface area contributed by atoms with E-state index in [0.717, 1.165) is 110 Å². The normalized spacial score (nSPS) is 23.9. The Morgan fingerprint density at radius 2 is 1.54 bits per heavy atom. The second-order valence-corrected chi connectivity index (χ2v) is 14.4. The van der Waals surface area contributed by atoms with Gasteiger partial charge in [0, 0.05) is 60.7 Å². The van der Waals surface area contributed by atoms with Gasteiger partial charge >= 0.3 is 11.9 Å². The van der Waals surface area contributed by atoms with E-state index in [9.17, 15) is 4.79 Å². The number of benzene rings is 2. The van der Waals surface area contributed by atoms with E-state index in [2.05, 4.69) is 88.6 Å². The summed E-state index contributed by atoms with van der Waals surface area (Å²) in [6.45, 7) is 10.0. The molecule has 50 heavy (non-hydrogen) atoms. The zero-order valence-corrected chi connectivity index (χ0v) is 30.2. The Balaban J connectivity index is 1.45. The monoisotopic (exact) mass is 676 g/mol. The van der Waals surface area contributed by atoms with Crippen molar-refractivity contribution in [2.45, 2.75) is 76.0 Å². The molecule has 0 spiro atoms. The SMILES string of the molecule is CCC1=CCCN(CCc2c(C3(C(=O)OC)CCC(C(=O)OC)=C4Nc5ccccc5C43CCN3CCC=C(CC)C3)[nH]c3ccccc23)C1. The molecular weight excluding hydrogens is 624 g/mol. The van der Waals surface area contributed by atoms with Crippen molar-refractivity contribution in [1.82, 2.24) is 14.8 Å². The third-order valence-corrected chi connectivity index (χ3v) is 12.1. The highest BCUT2D eigenvalue weighted by Crippen LogP contribution is 2.63. The molecule has 2 atom stereocenters. The summed E-state index contributed by atoms with van der Waals surface area (Å²) in [7, 11) is 2.96. The molecule has 3 aliphatic heterocycles. The van der Waals surface area contributed by atoms with Crippen LogP contribution in [0.1, 0.15) is 75.6 Å². The van der Waals surface area contributed by atoms with Crippen LogP contribution in [0.15, 0.2) is 83.1 Å². The molecule has 0 fully saturated rings. The van der Waals surface area contributed by atoms with Gasteiger partial charge in [0.1, 0.15) is 5.41 Å². The van der Waals surface area contributed by atoms with E-state index >= 15 is 4.79 Å². The smallest absolute Gasteiger partial charge is 0.335 e. The number of nitrogens with zero attached hydrogens (tertiary/aromatic N) is 2. The highest BCUT2D eigenvalue weighted by molar-refractivity contribution is 5.98. The number of methoxy groups -OCH3 is 2. The van der Waals surface area contributed by atoms with Gasteiger partial charge in [-0.1, -0.05) is 73.5 Å². The van der Waals surface area contributed by atoms with Gasteiger partial charge in [-0.2, -0.15) is 0 Å². The molecule has 1 aromatic heterocycles. The number of fused-ring (bicyclic) bond motifs is 4. The van der Waals surface area contributed by atoms with E-state index in [0.29, 0.717) is 24.8 Å². The van der Waals surface area contributed by atoms with Crippen LogP contribution in [0.25, 0.3) is 10.9 Å². The number of rotatable bonds is 11. The molecule has 7 rings (SSSR count). The average Bonchev–Trinajstić information content (AvgIpc) is 3.72. The minimum atomic E-state index is -1.14. The largest absolute Gasteiger partial charge is 0.468 e. The van der Waals surface area contributed by atoms with Gasteiger partial charge in [0.05, 0.1) is 25.2 Å². The van der Waals surface area contributed by atoms with Crippen molar-refractivity contribution in [3.8, 4) is 0 Å². The number of aromatic amines is 1. The number of anilines is 1. The molecule has 4 heterocycles. The Kier molecular flexibility index (Phi) is 9.77. The zero-order valence-electron chi connectivity index (χ0n) is 30.2. The van der Waals surface area contributed by atoms with Crippen LogP contribution in [0, 0.1) is 0 Å². The number of para-hydroxylation sites is 2. The van der Waals surface area contributed by atoms with Crippen LogP contribution >= 0.6 is 0 Å². The number of carbonyl (C=O) groups excluding carboxylic acids is 2. The van der Waals surface area contributed by atoms with E-state index < -0.39 is 10.8 Å². The lowest BCUT2D eigenvalue weighted by Crippen LogP contribution is -2.59. The summed E-state index contributed by atoms with van der Waals surface area (Å²) >= 11 is 0. The lowest BCUT2D eigenvalue weighted by molar-refractivity contribution is -0.152.